The lowest BCUT2D eigenvalue weighted by Crippen LogP contribution is -2.34. The molecule has 2 N–H and O–H groups in total. The molecule has 3 rings (SSSR count). The van der Waals surface area contributed by atoms with Crippen molar-refractivity contribution >= 4 is 11.8 Å². The number of carbonyl (C=O) groups is 2. The van der Waals surface area contributed by atoms with Gasteiger partial charge in [-0.15, -0.1) is 0 Å². The van der Waals surface area contributed by atoms with Gasteiger partial charge in [0, 0.05) is 24.7 Å². The van der Waals surface area contributed by atoms with Crippen LogP contribution in [-0.2, 0) is 14.3 Å². The quantitative estimate of drug-likeness (QED) is 0.337. The van der Waals surface area contributed by atoms with Gasteiger partial charge in [-0.25, -0.2) is 0 Å². The zero-order valence-corrected chi connectivity index (χ0v) is 17.1. The SMILES string of the molecule is COC(=O)CCCCCC[C@H]1C(=O)C[C@@H](O)[C@@H]1C=CCC1(O)CC2CCC1C2. The van der Waals surface area contributed by atoms with Crippen LogP contribution in [0.4, 0.5) is 0 Å². The van der Waals surface area contributed by atoms with Crippen LogP contribution in [0.15, 0.2) is 12.2 Å². The van der Waals surface area contributed by atoms with Gasteiger partial charge in [0.1, 0.15) is 5.78 Å². The van der Waals surface area contributed by atoms with Gasteiger partial charge in [0.05, 0.1) is 18.8 Å². The summed E-state index contributed by atoms with van der Waals surface area (Å²) in [7, 11) is 1.41. The lowest BCUT2D eigenvalue weighted by atomic mass is 9.81. The highest BCUT2D eigenvalue weighted by Crippen LogP contribution is 2.52. The molecule has 0 aromatic heterocycles. The number of aliphatic hydroxyl groups is 2. The Labute approximate surface area is 168 Å². The van der Waals surface area contributed by atoms with Crippen molar-refractivity contribution in [3.8, 4) is 0 Å². The Balaban J connectivity index is 1.43. The molecule has 3 aliphatic rings. The Bertz CT molecular complexity index is 586. The van der Waals surface area contributed by atoms with Crippen molar-refractivity contribution in [1.82, 2.24) is 0 Å². The first-order chi connectivity index (χ1) is 13.4. The molecule has 5 heteroatoms. The molecule has 0 spiro atoms. The maximum atomic E-state index is 12.3. The number of rotatable bonds is 10. The minimum absolute atomic E-state index is 0.110. The first-order valence-corrected chi connectivity index (χ1v) is 11.1. The summed E-state index contributed by atoms with van der Waals surface area (Å²) < 4.78 is 4.64. The molecule has 0 heterocycles. The first kappa shape index (κ1) is 21.5. The molecule has 3 aliphatic carbocycles. The fraction of sp³-hybridized carbons (Fsp3) is 0.826. The molecule has 0 aromatic rings. The molecule has 28 heavy (non-hydrogen) atoms. The zero-order valence-electron chi connectivity index (χ0n) is 17.1. The Morgan fingerprint density at radius 3 is 2.71 bits per heavy atom. The summed E-state index contributed by atoms with van der Waals surface area (Å²) in [5.41, 5.74) is -0.567. The molecule has 3 saturated carbocycles. The van der Waals surface area contributed by atoms with Gasteiger partial charge < -0.3 is 14.9 Å². The predicted molar refractivity (Wildman–Crippen MR) is 106 cm³/mol. The van der Waals surface area contributed by atoms with Crippen LogP contribution in [-0.4, -0.2) is 40.8 Å². The number of methoxy groups -OCH3 is 1. The molecule has 158 valence electrons. The van der Waals surface area contributed by atoms with E-state index < -0.39 is 11.7 Å². The second kappa shape index (κ2) is 9.53. The van der Waals surface area contributed by atoms with E-state index in [0.29, 0.717) is 24.7 Å². The molecule has 2 bridgehead atoms. The summed E-state index contributed by atoms with van der Waals surface area (Å²) in [6.45, 7) is 0. The van der Waals surface area contributed by atoms with Crippen molar-refractivity contribution in [2.24, 2.45) is 23.7 Å². The average Bonchev–Trinajstić information content (AvgIpc) is 3.32. The summed E-state index contributed by atoms with van der Waals surface area (Å²) in [5.74, 6) is 0.880. The van der Waals surface area contributed by atoms with Crippen LogP contribution >= 0.6 is 0 Å². The van der Waals surface area contributed by atoms with Gasteiger partial charge in [-0.05, 0) is 56.8 Å². The van der Waals surface area contributed by atoms with Crippen molar-refractivity contribution in [3.63, 3.8) is 0 Å². The molecular weight excluding hydrogens is 356 g/mol. The van der Waals surface area contributed by atoms with E-state index in [9.17, 15) is 19.8 Å². The van der Waals surface area contributed by atoms with Crippen LogP contribution in [0.3, 0.4) is 0 Å². The van der Waals surface area contributed by atoms with Gasteiger partial charge in [0.2, 0.25) is 0 Å². The predicted octanol–water partition coefficient (Wildman–Crippen LogP) is 3.56. The molecule has 0 aromatic carbocycles. The van der Waals surface area contributed by atoms with Crippen LogP contribution in [0, 0.1) is 23.7 Å². The topological polar surface area (TPSA) is 83.8 Å². The minimum atomic E-state index is -0.595. The highest BCUT2D eigenvalue weighted by molar-refractivity contribution is 5.84. The third-order valence-corrected chi connectivity index (χ3v) is 7.38. The van der Waals surface area contributed by atoms with Gasteiger partial charge in [0.25, 0.3) is 0 Å². The Morgan fingerprint density at radius 2 is 2.04 bits per heavy atom. The van der Waals surface area contributed by atoms with Gasteiger partial charge in [0.15, 0.2) is 0 Å². The summed E-state index contributed by atoms with van der Waals surface area (Å²) in [6.07, 6.45) is 13.7. The first-order valence-electron chi connectivity index (χ1n) is 11.1. The summed E-state index contributed by atoms with van der Waals surface area (Å²) in [6, 6.07) is 0. The molecule has 0 aliphatic heterocycles. The van der Waals surface area contributed by atoms with Crippen LogP contribution < -0.4 is 0 Å². The summed E-state index contributed by atoms with van der Waals surface area (Å²) in [4.78, 5) is 23.4. The number of aliphatic hydroxyl groups excluding tert-OH is 1. The standard InChI is InChI=1S/C23H36O5/c1-28-22(26)9-5-3-2-4-7-18-19(21(25)14-20(18)24)8-6-12-23(27)15-16-10-11-17(23)13-16/h6,8,16-19,21,25,27H,2-5,7,9-15H2,1H3/t16?,17?,18-,19-,21-,23?/m1/s1. The van der Waals surface area contributed by atoms with E-state index in [4.69, 9.17) is 0 Å². The number of ether oxygens (including phenoxy) is 1. The molecule has 6 atom stereocenters. The van der Waals surface area contributed by atoms with E-state index in [0.717, 1.165) is 51.4 Å². The number of hydrogen-bond donors (Lipinski definition) is 2. The van der Waals surface area contributed by atoms with Crippen molar-refractivity contribution in [1.29, 1.82) is 0 Å². The van der Waals surface area contributed by atoms with E-state index in [1.807, 2.05) is 12.2 Å². The highest BCUT2D eigenvalue weighted by atomic mass is 16.5. The van der Waals surface area contributed by atoms with Crippen molar-refractivity contribution in [2.45, 2.75) is 88.8 Å². The van der Waals surface area contributed by atoms with E-state index in [1.165, 1.54) is 13.5 Å². The fourth-order valence-corrected chi connectivity index (χ4v) is 5.78. The van der Waals surface area contributed by atoms with Gasteiger partial charge in [-0.3, -0.25) is 9.59 Å². The maximum Gasteiger partial charge on any atom is 0.305 e. The Kier molecular flexibility index (Phi) is 7.32. The van der Waals surface area contributed by atoms with Gasteiger partial charge >= 0.3 is 5.97 Å². The second-order valence-electron chi connectivity index (χ2n) is 9.27. The molecule has 5 nitrogen and oxygen atoms in total. The number of esters is 1. The Hall–Kier alpha value is -1.20. The maximum absolute atomic E-state index is 12.3. The highest BCUT2D eigenvalue weighted by Gasteiger charge is 2.49. The number of hydrogen-bond acceptors (Lipinski definition) is 5. The third-order valence-electron chi connectivity index (χ3n) is 7.38. The number of carbonyl (C=O) groups excluding carboxylic acids is 2. The van der Waals surface area contributed by atoms with Crippen molar-refractivity contribution in [2.75, 3.05) is 7.11 Å². The summed E-state index contributed by atoms with van der Waals surface area (Å²) >= 11 is 0. The average molecular weight is 393 g/mol. The minimum Gasteiger partial charge on any atom is -0.469 e. The molecular formula is C23H36O5. The van der Waals surface area contributed by atoms with Gasteiger partial charge in [-0.1, -0.05) is 31.4 Å². The van der Waals surface area contributed by atoms with Crippen LogP contribution in [0.2, 0.25) is 0 Å². The van der Waals surface area contributed by atoms with E-state index in [2.05, 4.69) is 4.74 Å². The smallest absolute Gasteiger partial charge is 0.305 e. The molecule has 0 radical (unpaired) electrons. The van der Waals surface area contributed by atoms with E-state index >= 15 is 0 Å². The zero-order chi connectivity index (χ0) is 20.1. The molecule has 3 fully saturated rings. The Morgan fingerprint density at radius 1 is 1.25 bits per heavy atom. The number of Topliss-reactive ketones (excluding diaryl/α,β-unsaturated/α-hetero) is 1. The third kappa shape index (κ3) is 5.04. The molecule has 0 amide bonds. The van der Waals surface area contributed by atoms with Crippen molar-refractivity contribution < 1.29 is 24.5 Å². The van der Waals surface area contributed by atoms with Gasteiger partial charge in [-0.2, -0.15) is 0 Å². The lowest BCUT2D eigenvalue weighted by Gasteiger charge is -2.31. The monoisotopic (exact) mass is 392 g/mol. The summed E-state index contributed by atoms with van der Waals surface area (Å²) in [5, 5.41) is 21.2. The second-order valence-corrected chi connectivity index (χ2v) is 9.27. The largest absolute Gasteiger partial charge is 0.469 e. The normalized spacial score (nSPS) is 37.2. The van der Waals surface area contributed by atoms with Crippen molar-refractivity contribution in [3.05, 3.63) is 12.2 Å². The fourth-order valence-electron chi connectivity index (χ4n) is 5.78. The number of fused-ring (bicyclic) bond motifs is 2. The van der Waals surface area contributed by atoms with E-state index in [-0.39, 0.29) is 30.0 Å². The molecule has 3 unspecified atom stereocenters. The van der Waals surface area contributed by atoms with Crippen LogP contribution in [0.5, 0.6) is 0 Å². The number of unbranched alkanes of at least 4 members (excludes halogenated alkanes) is 3. The van der Waals surface area contributed by atoms with E-state index in [1.54, 1.807) is 0 Å². The lowest BCUT2D eigenvalue weighted by molar-refractivity contribution is -0.140. The molecule has 0 saturated heterocycles. The van der Waals surface area contributed by atoms with Crippen LogP contribution in [0.25, 0.3) is 0 Å². The number of ketones is 1. The van der Waals surface area contributed by atoms with Crippen LogP contribution in [0.1, 0.15) is 77.0 Å².